The molecule has 2 heterocycles. The maximum absolute atomic E-state index is 13.8. The molecule has 1 aliphatic heterocycles. The van der Waals surface area contributed by atoms with Crippen LogP contribution in [0.3, 0.4) is 0 Å². The van der Waals surface area contributed by atoms with Crippen LogP contribution in [0.4, 0.5) is 17.6 Å². The van der Waals surface area contributed by atoms with E-state index in [1.807, 2.05) is 0 Å². The van der Waals surface area contributed by atoms with Crippen molar-refractivity contribution in [2.75, 3.05) is 6.61 Å². The lowest BCUT2D eigenvalue weighted by atomic mass is 9.91. The molecule has 0 spiro atoms. The van der Waals surface area contributed by atoms with Gasteiger partial charge in [-0.3, -0.25) is 9.48 Å². The third-order valence-corrected chi connectivity index (χ3v) is 6.57. The van der Waals surface area contributed by atoms with E-state index in [0.717, 1.165) is 18.9 Å². The van der Waals surface area contributed by atoms with E-state index in [4.69, 9.17) is 21.1 Å². The van der Waals surface area contributed by atoms with Crippen LogP contribution in [0.2, 0.25) is 5.02 Å². The van der Waals surface area contributed by atoms with Gasteiger partial charge < -0.3 is 19.9 Å². The van der Waals surface area contributed by atoms with Gasteiger partial charge in [0.15, 0.2) is 11.9 Å². The Morgan fingerprint density at radius 3 is 2.74 bits per heavy atom. The van der Waals surface area contributed by atoms with Crippen molar-refractivity contribution in [3.63, 3.8) is 0 Å². The number of amides is 1. The molecule has 1 saturated carbocycles. The molecule has 1 aliphatic carbocycles. The van der Waals surface area contributed by atoms with Crippen LogP contribution in [0.1, 0.15) is 62.7 Å². The topological polar surface area (TPSA) is 85.6 Å². The molecule has 1 aromatic carbocycles. The average molecular weight is 520 g/mol. The minimum atomic E-state index is -4.19. The van der Waals surface area contributed by atoms with E-state index in [0.29, 0.717) is 24.2 Å². The summed E-state index contributed by atoms with van der Waals surface area (Å²) in [5.74, 6) is -0.536. The fourth-order valence-corrected chi connectivity index (χ4v) is 4.61. The van der Waals surface area contributed by atoms with Gasteiger partial charge in [-0.25, -0.2) is 4.39 Å². The van der Waals surface area contributed by atoms with Crippen LogP contribution in [0.25, 0.3) is 0 Å². The number of benzene rings is 1. The molecule has 2 aliphatic rings. The second kappa shape index (κ2) is 10.6. The van der Waals surface area contributed by atoms with Crippen molar-refractivity contribution in [3.05, 3.63) is 40.9 Å². The molecule has 0 unspecified atom stereocenters. The van der Waals surface area contributed by atoms with Gasteiger partial charge in [-0.2, -0.15) is 18.3 Å². The lowest BCUT2D eigenvalue weighted by Gasteiger charge is -2.32. The zero-order valence-electron chi connectivity index (χ0n) is 18.7. The predicted octanol–water partition coefficient (Wildman–Crippen LogP) is 4.88. The highest BCUT2D eigenvalue weighted by molar-refractivity contribution is 6.30. The summed E-state index contributed by atoms with van der Waals surface area (Å²) in [6.07, 6.45) is -1.08. The lowest BCUT2D eigenvalue weighted by molar-refractivity contribution is -0.136. The van der Waals surface area contributed by atoms with E-state index in [9.17, 15) is 27.5 Å². The molecule has 192 valence electrons. The average Bonchev–Trinajstić information content (AvgIpc) is 3.27. The van der Waals surface area contributed by atoms with Crippen molar-refractivity contribution in [1.82, 2.24) is 15.1 Å². The summed E-state index contributed by atoms with van der Waals surface area (Å²) in [7, 11) is 0. The van der Waals surface area contributed by atoms with Gasteiger partial charge in [0, 0.05) is 30.5 Å². The van der Waals surface area contributed by atoms with Crippen molar-refractivity contribution in [2.24, 2.45) is 0 Å². The normalized spacial score (nSPS) is 24.4. The summed E-state index contributed by atoms with van der Waals surface area (Å²) in [5, 5.41) is 17.4. The third-order valence-electron chi connectivity index (χ3n) is 6.28. The maximum Gasteiger partial charge on any atom is 0.389 e. The number of nitrogens with one attached hydrogen (secondary N) is 1. The Labute approximate surface area is 204 Å². The van der Waals surface area contributed by atoms with Crippen molar-refractivity contribution in [2.45, 2.75) is 75.4 Å². The van der Waals surface area contributed by atoms with Crippen LogP contribution < -0.4 is 14.8 Å². The third kappa shape index (κ3) is 6.58. The molecule has 35 heavy (non-hydrogen) atoms. The van der Waals surface area contributed by atoms with E-state index >= 15 is 0 Å². The van der Waals surface area contributed by atoms with Crippen molar-refractivity contribution in [1.29, 1.82) is 0 Å². The second-order valence-electron chi connectivity index (χ2n) is 8.90. The Kier molecular flexibility index (Phi) is 7.75. The molecule has 0 bridgehead atoms. The van der Waals surface area contributed by atoms with E-state index in [1.54, 1.807) is 10.9 Å². The molecule has 1 fully saturated rings. The van der Waals surface area contributed by atoms with Crippen molar-refractivity contribution < 1.29 is 36.9 Å². The Bertz CT molecular complexity index is 1040. The quantitative estimate of drug-likeness (QED) is 0.402. The number of carbonyl (C=O) groups is 1. The summed E-state index contributed by atoms with van der Waals surface area (Å²) in [6.45, 7) is -0.0356. The first-order chi connectivity index (χ1) is 16.6. The van der Waals surface area contributed by atoms with E-state index in [-0.39, 0.29) is 48.2 Å². The van der Waals surface area contributed by atoms with Gasteiger partial charge >= 0.3 is 6.18 Å². The number of aromatic nitrogens is 2. The summed E-state index contributed by atoms with van der Waals surface area (Å²) < 4.78 is 63.2. The van der Waals surface area contributed by atoms with Gasteiger partial charge in [-0.1, -0.05) is 11.6 Å². The molecule has 2 atom stereocenters. The molecule has 0 radical (unpaired) electrons. The number of rotatable bonds is 7. The maximum atomic E-state index is 13.8. The smallest absolute Gasteiger partial charge is 0.389 e. The molecular weight excluding hydrogens is 494 g/mol. The van der Waals surface area contributed by atoms with Gasteiger partial charge in [0.05, 0.1) is 36.2 Å². The van der Waals surface area contributed by atoms with Crippen LogP contribution in [-0.4, -0.2) is 45.7 Å². The number of fused-ring (bicyclic) bond motifs is 1. The SMILES string of the molecule is O=C(NC1CCC(n2cc(OCCCC(F)(F)F)cn2)CC1)[C@H]1C[C@@H](O)c2cc(Cl)c(F)cc2O1. The Hall–Kier alpha value is -2.53. The minimum Gasteiger partial charge on any atom is -0.490 e. The van der Waals surface area contributed by atoms with E-state index < -0.39 is 30.6 Å². The zero-order chi connectivity index (χ0) is 25.2. The number of hydrogen-bond acceptors (Lipinski definition) is 5. The first-order valence-electron chi connectivity index (χ1n) is 11.5. The Morgan fingerprint density at radius 1 is 1.29 bits per heavy atom. The zero-order valence-corrected chi connectivity index (χ0v) is 19.5. The van der Waals surface area contributed by atoms with Crippen molar-refractivity contribution >= 4 is 17.5 Å². The van der Waals surface area contributed by atoms with Crippen LogP contribution in [-0.2, 0) is 4.79 Å². The monoisotopic (exact) mass is 519 g/mol. The molecule has 2 aromatic rings. The molecule has 7 nitrogen and oxygen atoms in total. The Morgan fingerprint density at radius 2 is 2.03 bits per heavy atom. The Balaban J connectivity index is 1.23. The highest BCUT2D eigenvalue weighted by Gasteiger charge is 2.34. The number of ether oxygens (including phenoxy) is 2. The number of hydrogen-bond donors (Lipinski definition) is 2. The molecule has 0 saturated heterocycles. The fourth-order valence-electron chi connectivity index (χ4n) is 4.43. The van der Waals surface area contributed by atoms with Gasteiger partial charge in [0.1, 0.15) is 11.6 Å². The highest BCUT2D eigenvalue weighted by atomic mass is 35.5. The van der Waals surface area contributed by atoms with Gasteiger partial charge in [-0.05, 0) is 38.2 Å². The molecule has 1 aromatic heterocycles. The van der Waals surface area contributed by atoms with E-state index in [2.05, 4.69) is 10.4 Å². The molecule has 12 heteroatoms. The number of aliphatic hydroxyl groups excluding tert-OH is 1. The number of halogens is 5. The van der Waals surface area contributed by atoms with Crippen LogP contribution >= 0.6 is 11.6 Å². The van der Waals surface area contributed by atoms with Crippen LogP contribution in [0, 0.1) is 5.82 Å². The molecular formula is C23H26ClF4N3O4. The van der Waals surface area contributed by atoms with Crippen molar-refractivity contribution in [3.8, 4) is 11.5 Å². The minimum absolute atomic E-state index is 0.0356. The van der Waals surface area contributed by atoms with Gasteiger partial charge in [0.2, 0.25) is 0 Å². The highest BCUT2D eigenvalue weighted by Crippen LogP contribution is 2.38. The molecule has 1 amide bonds. The van der Waals surface area contributed by atoms with Gasteiger partial charge in [-0.15, -0.1) is 0 Å². The summed E-state index contributed by atoms with van der Waals surface area (Å²) in [4.78, 5) is 12.7. The second-order valence-corrected chi connectivity index (χ2v) is 9.31. The largest absolute Gasteiger partial charge is 0.490 e. The molecule has 4 rings (SSSR count). The number of nitrogens with zero attached hydrogens (tertiary/aromatic N) is 2. The lowest BCUT2D eigenvalue weighted by Crippen LogP contribution is -2.46. The standard InChI is InChI=1S/C23H26ClF4N3O4/c24-17-8-16-19(32)10-21(35-20(16)9-18(17)25)22(33)30-13-2-4-14(5-3-13)31-12-15(11-29-31)34-7-1-6-23(26,27)28/h8-9,11-14,19,21,32H,1-7,10H2,(H,30,33)/t13?,14?,19-,21-/m1/s1. The molecule has 2 N–H and O–H groups in total. The van der Waals surface area contributed by atoms with Gasteiger partial charge in [0.25, 0.3) is 5.91 Å². The number of aliphatic hydroxyl groups is 1. The predicted molar refractivity (Wildman–Crippen MR) is 118 cm³/mol. The number of carbonyl (C=O) groups excluding carboxylic acids is 1. The summed E-state index contributed by atoms with van der Waals surface area (Å²) >= 11 is 5.77. The van der Waals surface area contributed by atoms with Crippen LogP contribution in [0.5, 0.6) is 11.5 Å². The van der Waals surface area contributed by atoms with Crippen LogP contribution in [0.15, 0.2) is 24.5 Å². The number of alkyl halides is 3. The fraction of sp³-hybridized carbons (Fsp3) is 0.565. The first-order valence-corrected chi connectivity index (χ1v) is 11.8. The summed E-state index contributed by atoms with van der Waals surface area (Å²) in [5.41, 5.74) is 0.351. The van der Waals surface area contributed by atoms with E-state index in [1.165, 1.54) is 12.3 Å². The summed E-state index contributed by atoms with van der Waals surface area (Å²) in [6, 6.07) is 2.38. The first kappa shape index (κ1) is 25.6.